The average molecular weight is 508 g/mol. The Morgan fingerprint density at radius 3 is 2.33 bits per heavy atom. The molecule has 2 aromatic rings. The maximum atomic E-state index is 13.3. The molecule has 0 bridgehead atoms. The number of amides is 2. The second kappa shape index (κ2) is 12.7. The maximum Gasteiger partial charge on any atom is 0.242 e. The van der Waals surface area contributed by atoms with Gasteiger partial charge in [-0.2, -0.15) is 0 Å². The third-order valence-electron chi connectivity index (χ3n) is 6.13. The number of thioether (sulfide) groups is 1. The van der Waals surface area contributed by atoms with E-state index in [2.05, 4.69) is 5.32 Å². The first kappa shape index (κ1) is 25.9. The van der Waals surface area contributed by atoms with Crippen molar-refractivity contribution in [2.75, 3.05) is 5.75 Å². The maximum absolute atomic E-state index is 13.3. The van der Waals surface area contributed by atoms with Gasteiger partial charge in [0.05, 0.1) is 5.75 Å². The van der Waals surface area contributed by atoms with Crippen LogP contribution in [0.5, 0.6) is 0 Å². The van der Waals surface area contributed by atoms with Gasteiger partial charge in [-0.05, 0) is 49.9 Å². The summed E-state index contributed by atoms with van der Waals surface area (Å²) in [6.45, 7) is 4.25. The highest BCUT2D eigenvalue weighted by atomic mass is 35.5. The van der Waals surface area contributed by atoms with Crippen LogP contribution in [0.4, 0.5) is 0 Å². The lowest BCUT2D eigenvalue weighted by molar-refractivity contribution is -0.139. The summed E-state index contributed by atoms with van der Waals surface area (Å²) in [5, 5.41) is 4.36. The molecule has 7 heteroatoms. The summed E-state index contributed by atoms with van der Waals surface area (Å²) in [6.07, 6.45) is 5.55. The number of aryl methyl sites for hydroxylation is 1. The van der Waals surface area contributed by atoms with Gasteiger partial charge in [-0.25, -0.2) is 0 Å². The zero-order valence-corrected chi connectivity index (χ0v) is 21.6. The van der Waals surface area contributed by atoms with Crippen molar-refractivity contribution in [1.82, 2.24) is 10.2 Å². The molecule has 1 saturated carbocycles. The minimum atomic E-state index is -0.551. The van der Waals surface area contributed by atoms with Crippen LogP contribution in [0, 0.1) is 6.92 Å². The third-order valence-corrected chi connectivity index (χ3v) is 7.78. The van der Waals surface area contributed by atoms with Crippen LogP contribution in [0.3, 0.4) is 0 Å². The smallest absolute Gasteiger partial charge is 0.242 e. The van der Waals surface area contributed by atoms with Crippen LogP contribution in [0.15, 0.2) is 42.5 Å². The van der Waals surface area contributed by atoms with E-state index in [9.17, 15) is 9.59 Å². The van der Waals surface area contributed by atoms with E-state index < -0.39 is 6.04 Å². The lowest BCUT2D eigenvalue weighted by atomic mass is 9.95. The van der Waals surface area contributed by atoms with Crippen molar-refractivity contribution in [2.24, 2.45) is 0 Å². The predicted octanol–water partition coefficient (Wildman–Crippen LogP) is 6.40. The monoisotopic (exact) mass is 506 g/mol. The third kappa shape index (κ3) is 7.66. The lowest BCUT2D eigenvalue weighted by Gasteiger charge is -2.31. The van der Waals surface area contributed by atoms with Crippen LogP contribution in [0.25, 0.3) is 0 Å². The normalized spacial score (nSPS) is 15.2. The first-order valence-corrected chi connectivity index (χ1v) is 13.4. The lowest BCUT2D eigenvalue weighted by Crippen LogP contribution is -2.50. The molecule has 0 unspecified atom stereocenters. The largest absolute Gasteiger partial charge is 0.352 e. The SMILES string of the molecule is Cc1ccc(CN(C(=O)CSCc2c(Cl)cccc2Cl)[C@H](C)C(=O)NC2CCCCC2)cc1. The molecule has 1 atom stereocenters. The van der Waals surface area contributed by atoms with Crippen LogP contribution >= 0.6 is 35.0 Å². The van der Waals surface area contributed by atoms with Crippen molar-refractivity contribution in [1.29, 1.82) is 0 Å². The summed E-state index contributed by atoms with van der Waals surface area (Å²) >= 11 is 14.0. The van der Waals surface area contributed by atoms with Gasteiger partial charge in [0.25, 0.3) is 0 Å². The standard InChI is InChI=1S/C26H32Cl2N2O2S/c1-18-11-13-20(14-12-18)15-30(19(2)26(32)29-21-7-4-3-5-8-21)25(31)17-33-16-22-23(27)9-6-10-24(22)28/h6,9-14,19,21H,3-5,7-8,15-17H2,1-2H3,(H,29,32)/t19-/m1/s1. The molecule has 2 aromatic carbocycles. The first-order chi connectivity index (χ1) is 15.8. The van der Waals surface area contributed by atoms with Gasteiger partial charge in [-0.3, -0.25) is 9.59 Å². The molecule has 2 amide bonds. The summed E-state index contributed by atoms with van der Waals surface area (Å²) in [5.41, 5.74) is 2.99. The quantitative estimate of drug-likeness (QED) is 0.427. The molecule has 0 saturated heterocycles. The van der Waals surface area contributed by atoms with E-state index >= 15 is 0 Å². The van der Waals surface area contributed by atoms with Gasteiger partial charge < -0.3 is 10.2 Å². The van der Waals surface area contributed by atoms with Crippen molar-refractivity contribution < 1.29 is 9.59 Å². The minimum Gasteiger partial charge on any atom is -0.352 e. The molecular weight excluding hydrogens is 475 g/mol. The summed E-state index contributed by atoms with van der Waals surface area (Å²) in [4.78, 5) is 28.0. The molecule has 0 heterocycles. The van der Waals surface area contributed by atoms with Gasteiger partial charge in [-0.1, -0.05) is 78.4 Å². The van der Waals surface area contributed by atoms with Crippen molar-refractivity contribution in [3.8, 4) is 0 Å². The molecule has 1 aliphatic carbocycles. The molecule has 0 radical (unpaired) electrons. The van der Waals surface area contributed by atoms with Gasteiger partial charge in [-0.15, -0.1) is 11.8 Å². The number of benzene rings is 2. The summed E-state index contributed by atoms with van der Waals surface area (Å²) < 4.78 is 0. The van der Waals surface area contributed by atoms with Gasteiger partial charge in [0.1, 0.15) is 6.04 Å². The molecule has 0 aromatic heterocycles. The molecule has 0 aliphatic heterocycles. The summed E-state index contributed by atoms with van der Waals surface area (Å²) in [7, 11) is 0. The number of halogens is 2. The fourth-order valence-corrected chi connectivity index (χ4v) is 5.68. The summed E-state index contributed by atoms with van der Waals surface area (Å²) in [6, 6.07) is 13.1. The Kier molecular flexibility index (Phi) is 9.96. The Bertz CT molecular complexity index is 926. The number of nitrogens with one attached hydrogen (secondary N) is 1. The van der Waals surface area contributed by atoms with E-state index in [0.717, 1.165) is 42.4 Å². The highest BCUT2D eigenvalue weighted by Crippen LogP contribution is 2.28. The van der Waals surface area contributed by atoms with E-state index in [0.29, 0.717) is 22.3 Å². The molecule has 178 valence electrons. The highest BCUT2D eigenvalue weighted by molar-refractivity contribution is 7.99. The van der Waals surface area contributed by atoms with Crippen molar-refractivity contribution in [3.63, 3.8) is 0 Å². The average Bonchev–Trinajstić information content (AvgIpc) is 2.80. The number of hydrogen-bond acceptors (Lipinski definition) is 3. The van der Waals surface area contributed by atoms with E-state index in [1.54, 1.807) is 23.1 Å². The predicted molar refractivity (Wildman–Crippen MR) is 139 cm³/mol. The van der Waals surface area contributed by atoms with Gasteiger partial charge >= 0.3 is 0 Å². The van der Waals surface area contributed by atoms with Crippen LogP contribution < -0.4 is 5.32 Å². The van der Waals surface area contributed by atoms with E-state index in [1.807, 2.05) is 38.1 Å². The fraction of sp³-hybridized carbons (Fsp3) is 0.462. The Labute approximate surface area is 211 Å². The number of carbonyl (C=O) groups excluding carboxylic acids is 2. The number of hydrogen-bond donors (Lipinski definition) is 1. The number of carbonyl (C=O) groups is 2. The molecule has 1 aliphatic rings. The Balaban J connectivity index is 1.67. The van der Waals surface area contributed by atoms with E-state index in [1.165, 1.54) is 18.2 Å². The molecule has 1 N–H and O–H groups in total. The Morgan fingerprint density at radius 1 is 1.06 bits per heavy atom. The van der Waals surface area contributed by atoms with Crippen LogP contribution in [0.2, 0.25) is 10.0 Å². The zero-order chi connectivity index (χ0) is 23.8. The second-order valence-electron chi connectivity index (χ2n) is 8.72. The fourth-order valence-electron chi connectivity index (χ4n) is 4.04. The van der Waals surface area contributed by atoms with E-state index in [-0.39, 0.29) is 23.6 Å². The van der Waals surface area contributed by atoms with Crippen LogP contribution in [-0.4, -0.2) is 34.6 Å². The molecule has 3 rings (SSSR count). The first-order valence-electron chi connectivity index (χ1n) is 11.5. The molecule has 4 nitrogen and oxygen atoms in total. The van der Waals surface area contributed by atoms with Gasteiger partial charge in [0.2, 0.25) is 11.8 Å². The number of rotatable bonds is 9. The van der Waals surface area contributed by atoms with Crippen LogP contribution in [-0.2, 0) is 21.9 Å². The molecule has 0 spiro atoms. The molecule has 1 fully saturated rings. The summed E-state index contributed by atoms with van der Waals surface area (Å²) in [5.74, 6) is 0.622. The zero-order valence-electron chi connectivity index (χ0n) is 19.3. The Morgan fingerprint density at radius 2 is 1.70 bits per heavy atom. The van der Waals surface area contributed by atoms with Gasteiger partial charge in [0.15, 0.2) is 0 Å². The van der Waals surface area contributed by atoms with Crippen molar-refractivity contribution >= 4 is 46.8 Å². The van der Waals surface area contributed by atoms with Crippen molar-refractivity contribution in [3.05, 3.63) is 69.2 Å². The molecule has 33 heavy (non-hydrogen) atoms. The van der Waals surface area contributed by atoms with Gasteiger partial charge in [0, 0.05) is 28.4 Å². The topological polar surface area (TPSA) is 49.4 Å². The Hall–Kier alpha value is -1.69. The van der Waals surface area contributed by atoms with E-state index in [4.69, 9.17) is 23.2 Å². The number of nitrogens with zero attached hydrogens (tertiary/aromatic N) is 1. The second-order valence-corrected chi connectivity index (χ2v) is 10.5. The minimum absolute atomic E-state index is 0.0740. The van der Waals surface area contributed by atoms with Crippen LogP contribution in [0.1, 0.15) is 55.7 Å². The molecular formula is C26H32Cl2N2O2S. The highest BCUT2D eigenvalue weighted by Gasteiger charge is 2.28. The van der Waals surface area contributed by atoms with Crippen molar-refractivity contribution in [2.45, 2.75) is 70.3 Å².